The van der Waals surface area contributed by atoms with Crippen molar-refractivity contribution in [3.05, 3.63) is 63.7 Å². The maximum absolute atomic E-state index is 12.0. The molecule has 0 aromatic heterocycles. The van der Waals surface area contributed by atoms with Crippen LogP contribution in [0.3, 0.4) is 0 Å². The van der Waals surface area contributed by atoms with E-state index in [2.05, 4.69) is 49.6 Å². The fourth-order valence-electron chi connectivity index (χ4n) is 2.64. The molecular formula is C20H23ClN2O2S. The minimum absolute atomic E-state index is 0.0479. The number of hydrogen-bond acceptors (Lipinski definition) is 3. The Morgan fingerprint density at radius 2 is 1.96 bits per heavy atom. The van der Waals surface area contributed by atoms with E-state index in [9.17, 15) is 4.79 Å². The zero-order valence-corrected chi connectivity index (χ0v) is 16.9. The van der Waals surface area contributed by atoms with E-state index in [1.807, 2.05) is 0 Å². The summed E-state index contributed by atoms with van der Waals surface area (Å²) in [5.41, 5.74) is 4.58. The number of carbonyl (C=O) groups is 1. The van der Waals surface area contributed by atoms with Crippen molar-refractivity contribution in [2.24, 2.45) is 0 Å². The molecule has 2 N–H and O–H groups in total. The van der Waals surface area contributed by atoms with Crippen LogP contribution in [-0.2, 0) is 4.74 Å². The fraction of sp³-hybridized carbons (Fsp3) is 0.300. The van der Waals surface area contributed by atoms with Gasteiger partial charge in [0.2, 0.25) is 0 Å². The summed E-state index contributed by atoms with van der Waals surface area (Å²) in [4.78, 5) is 12.0. The second-order valence-corrected chi connectivity index (χ2v) is 6.91. The van der Waals surface area contributed by atoms with Gasteiger partial charge in [0.15, 0.2) is 5.11 Å². The van der Waals surface area contributed by atoms with Gasteiger partial charge in [-0.05, 0) is 69.2 Å². The molecule has 0 radical (unpaired) electrons. The first-order valence-electron chi connectivity index (χ1n) is 8.43. The number of anilines is 1. The lowest BCUT2D eigenvalue weighted by Gasteiger charge is -2.20. The van der Waals surface area contributed by atoms with Gasteiger partial charge in [-0.25, -0.2) is 4.79 Å². The van der Waals surface area contributed by atoms with Gasteiger partial charge in [-0.15, -0.1) is 0 Å². The van der Waals surface area contributed by atoms with Gasteiger partial charge in [0, 0.05) is 5.69 Å². The normalized spacial score (nSPS) is 11.6. The number of ether oxygens (including phenoxy) is 1. The molecule has 0 saturated carbocycles. The number of thiocarbonyl (C=S) groups is 1. The van der Waals surface area contributed by atoms with Gasteiger partial charge >= 0.3 is 5.97 Å². The van der Waals surface area contributed by atoms with Crippen LogP contribution in [0.25, 0.3) is 0 Å². The van der Waals surface area contributed by atoms with E-state index in [0.717, 1.165) is 0 Å². The quantitative estimate of drug-likeness (QED) is 0.544. The van der Waals surface area contributed by atoms with E-state index in [-0.39, 0.29) is 6.04 Å². The third-order valence-electron chi connectivity index (χ3n) is 3.97. The third-order valence-corrected chi connectivity index (χ3v) is 4.52. The molecule has 2 aromatic rings. The Hall–Kier alpha value is -2.11. The number of esters is 1. The number of nitrogens with one attached hydrogen (secondary N) is 2. The summed E-state index contributed by atoms with van der Waals surface area (Å²) in [7, 11) is 0. The smallest absolute Gasteiger partial charge is 0.339 e. The Kier molecular flexibility index (Phi) is 7.00. The van der Waals surface area contributed by atoms with Gasteiger partial charge in [0.05, 0.1) is 23.2 Å². The van der Waals surface area contributed by atoms with Crippen LogP contribution in [0.15, 0.2) is 36.4 Å². The van der Waals surface area contributed by atoms with Crippen LogP contribution < -0.4 is 10.6 Å². The topological polar surface area (TPSA) is 50.4 Å². The SMILES string of the molecule is CCOC(=O)c1cc(NC(=S)N[C@@H](C)c2cc(C)ccc2C)ccc1Cl. The van der Waals surface area contributed by atoms with Gasteiger partial charge in [0.25, 0.3) is 0 Å². The molecule has 0 unspecified atom stereocenters. The van der Waals surface area contributed by atoms with Crippen LogP contribution in [0.1, 0.15) is 46.9 Å². The van der Waals surface area contributed by atoms with Crippen LogP contribution in [0, 0.1) is 13.8 Å². The maximum atomic E-state index is 12.0. The van der Waals surface area contributed by atoms with Crippen LogP contribution in [0.2, 0.25) is 5.02 Å². The van der Waals surface area contributed by atoms with Gasteiger partial charge in [-0.2, -0.15) is 0 Å². The van der Waals surface area contributed by atoms with Crippen LogP contribution in [-0.4, -0.2) is 17.7 Å². The highest BCUT2D eigenvalue weighted by atomic mass is 35.5. The second-order valence-electron chi connectivity index (χ2n) is 6.10. The second kappa shape index (κ2) is 9.01. The number of hydrogen-bond donors (Lipinski definition) is 2. The summed E-state index contributed by atoms with van der Waals surface area (Å²) in [6.07, 6.45) is 0. The molecule has 0 aliphatic carbocycles. The van der Waals surface area contributed by atoms with Crippen LogP contribution >= 0.6 is 23.8 Å². The molecule has 138 valence electrons. The first-order chi connectivity index (χ1) is 12.3. The van der Waals surface area contributed by atoms with E-state index in [1.54, 1.807) is 25.1 Å². The monoisotopic (exact) mass is 390 g/mol. The Labute approximate surface area is 164 Å². The minimum atomic E-state index is -0.455. The predicted molar refractivity (Wildman–Crippen MR) is 111 cm³/mol. The van der Waals surface area contributed by atoms with E-state index in [0.29, 0.717) is 28.0 Å². The molecule has 0 aliphatic heterocycles. The molecule has 2 aromatic carbocycles. The summed E-state index contributed by atoms with van der Waals surface area (Å²) >= 11 is 11.5. The molecule has 0 saturated heterocycles. The van der Waals surface area contributed by atoms with Crippen molar-refractivity contribution in [3.8, 4) is 0 Å². The van der Waals surface area contributed by atoms with Gasteiger partial charge in [-0.3, -0.25) is 0 Å². The number of rotatable bonds is 5. The van der Waals surface area contributed by atoms with Crippen LogP contribution in [0.4, 0.5) is 5.69 Å². The summed E-state index contributed by atoms with van der Waals surface area (Å²) in [5.74, 6) is -0.455. The fourth-order valence-corrected chi connectivity index (χ4v) is 3.13. The third kappa shape index (κ3) is 5.19. The molecule has 6 heteroatoms. The molecule has 4 nitrogen and oxygen atoms in total. The molecule has 0 bridgehead atoms. The Morgan fingerprint density at radius 1 is 1.23 bits per heavy atom. The molecule has 1 atom stereocenters. The van der Waals surface area contributed by atoms with E-state index >= 15 is 0 Å². The molecule has 0 aliphatic rings. The first kappa shape index (κ1) is 20.2. The highest BCUT2D eigenvalue weighted by Crippen LogP contribution is 2.22. The van der Waals surface area contributed by atoms with Crippen molar-refractivity contribution in [1.82, 2.24) is 5.32 Å². The van der Waals surface area contributed by atoms with Crippen molar-refractivity contribution >= 4 is 40.6 Å². The molecular weight excluding hydrogens is 368 g/mol. The molecule has 2 rings (SSSR count). The van der Waals surface area contributed by atoms with Gasteiger partial charge < -0.3 is 15.4 Å². The predicted octanol–water partition coefficient (Wildman–Crippen LogP) is 5.18. The number of benzene rings is 2. The van der Waals surface area contributed by atoms with Crippen molar-refractivity contribution in [3.63, 3.8) is 0 Å². The van der Waals surface area contributed by atoms with Crippen LogP contribution in [0.5, 0.6) is 0 Å². The van der Waals surface area contributed by atoms with E-state index in [1.165, 1.54) is 16.7 Å². The number of halogens is 1. The van der Waals surface area contributed by atoms with Crippen molar-refractivity contribution in [2.75, 3.05) is 11.9 Å². The summed E-state index contributed by atoms with van der Waals surface area (Å²) in [5, 5.41) is 7.18. The lowest BCUT2D eigenvalue weighted by molar-refractivity contribution is 0.0526. The summed E-state index contributed by atoms with van der Waals surface area (Å²) < 4.78 is 5.02. The average Bonchev–Trinajstić information content (AvgIpc) is 2.58. The summed E-state index contributed by atoms with van der Waals surface area (Å²) in [6.45, 7) is 8.24. The van der Waals surface area contributed by atoms with Gasteiger partial charge in [-0.1, -0.05) is 35.4 Å². The van der Waals surface area contributed by atoms with E-state index < -0.39 is 5.97 Å². The average molecular weight is 391 g/mol. The number of carbonyl (C=O) groups excluding carboxylic acids is 1. The molecule has 0 amide bonds. The van der Waals surface area contributed by atoms with Crippen molar-refractivity contribution < 1.29 is 9.53 Å². The maximum Gasteiger partial charge on any atom is 0.339 e. The first-order valence-corrected chi connectivity index (χ1v) is 9.21. The Bertz CT molecular complexity index is 823. The zero-order chi connectivity index (χ0) is 19.3. The molecule has 0 heterocycles. The molecule has 0 fully saturated rings. The number of aryl methyl sites for hydroxylation is 2. The molecule has 0 spiro atoms. The standard InChI is InChI=1S/C20H23ClN2O2S/c1-5-25-19(24)17-11-15(8-9-18(17)21)23-20(26)22-14(4)16-10-12(2)6-7-13(16)3/h6-11,14H,5H2,1-4H3,(H2,22,23,26)/t14-/m0/s1. The zero-order valence-electron chi connectivity index (χ0n) is 15.4. The largest absolute Gasteiger partial charge is 0.462 e. The lowest BCUT2D eigenvalue weighted by atomic mass is 10.0. The minimum Gasteiger partial charge on any atom is -0.462 e. The highest BCUT2D eigenvalue weighted by Gasteiger charge is 2.14. The summed E-state index contributed by atoms with van der Waals surface area (Å²) in [6, 6.07) is 11.4. The molecule has 26 heavy (non-hydrogen) atoms. The highest BCUT2D eigenvalue weighted by molar-refractivity contribution is 7.80. The van der Waals surface area contributed by atoms with E-state index in [4.69, 9.17) is 28.6 Å². The Morgan fingerprint density at radius 3 is 2.65 bits per heavy atom. The lowest BCUT2D eigenvalue weighted by Crippen LogP contribution is -2.31. The Balaban J connectivity index is 2.09. The van der Waals surface area contributed by atoms with Gasteiger partial charge in [0.1, 0.15) is 0 Å². The van der Waals surface area contributed by atoms with Crippen molar-refractivity contribution in [1.29, 1.82) is 0 Å². The van der Waals surface area contributed by atoms with Crippen molar-refractivity contribution in [2.45, 2.75) is 33.7 Å².